The zero-order valence-corrected chi connectivity index (χ0v) is 9.02. The van der Waals surface area contributed by atoms with Crippen molar-refractivity contribution in [1.29, 1.82) is 0 Å². The van der Waals surface area contributed by atoms with Crippen LogP contribution < -0.4 is 0 Å². The summed E-state index contributed by atoms with van der Waals surface area (Å²) in [4.78, 5) is 10.7. The fourth-order valence-corrected chi connectivity index (χ4v) is 1.54. The van der Waals surface area contributed by atoms with E-state index in [2.05, 4.69) is 5.10 Å². The average Bonchev–Trinajstić information content (AvgIpc) is 2.59. The standard InChI is InChI=1S/C10H6ClFN2O3/c11-5-1-6(12)3-7(2-5)14-4-8(15)9(13-14)10(16)17/h1-4,15H,(H,16,17). The highest BCUT2D eigenvalue weighted by Gasteiger charge is 2.16. The predicted molar refractivity (Wildman–Crippen MR) is 57.2 cm³/mol. The zero-order chi connectivity index (χ0) is 12.6. The van der Waals surface area contributed by atoms with E-state index >= 15 is 0 Å². The molecule has 0 amide bonds. The van der Waals surface area contributed by atoms with E-state index < -0.39 is 23.2 Å². The summed E-state index contributed by atoms with van der Waals surface area (Å²) in [7, 11) is 0. The van der Waals surface area contributed by atoms with Gasteiger partial charge in [0.15, 0.2) is 5.75 Å². The highest BCUT2D eigenvalue weighted by Crippen LogP contribution is 2.21. The van der Waals surface area contributed by atoms with Gasteiger partial charge in [0.1, 0.15) is 5.82 Å². The van der Waals surface area contributed by atoms with Gasteiger partial charge in [-0.1, -0.05) is 11.6 Å². The topological polar surface area (TPSA) is 75.3 Å². The molecule has 1 aromatic heterocycles. The van der Waals surface area contributed by atoms with E-state index in [0.717, 1.165) is 23.0 Å². The fourth-order valence-electron chi connectivity index (χ4n) is 1.32. The summed E-state index contributed by atoms with van der Waals surface area (Å²) in [6, 6.07) is 3.61. The van der Waals surface area contributed by atoms with E-state index in [1.165, 1.54) is 6.07 Å². The molecule has 0 radical (unpaired) electrons. The lowest BCUT2D eigenvalue weighted by molar-refractivity contribution is 0.0687. The van der Waals surface area contributed by atoms with E-state index in [0.29, 0.717) is 0 Å². The number of carboxylic acid groups (broad SMARTS) is 1. The lowest BCUT2D eigenvalue weighted by Gasteiger charge is -2.01. The lowest BCUT2D eigenvalue weighted by Crippen LogP contribution is -2.01. The molecular weight excluding hydrogens is 251 g/mol. The lowest BCUT2D eigenvalue weighted by atomic mass is 10.3. The second-order valence-corrected chi connectivity index (χ2v) is 3.68. The molecule has 2 aromatic rings. The Labute approximate surface area is 99.7 Å². The van der Waals surface area contributed by atoms with Crippen LogP contribution in [0.3, 0.4) is 0 Å². The van der Waals surface area contributed by atoms with E-state index in [9.17, 15) is 14.3 Å². The number of aromatic nitrogens is 2. The van der Waals surface area contributed by atoms with Crippen LogP contribution in [0.15, 0.2) is 24.4 Å². The molecule has 0 saturated heterocycles. The molecule has 0 fully saturated rings. The molecule has 88 valence electrons. The number of nitrogens with zero attached hydrogens (tertiary/aromatic N) is 2. The van der Waals surface area contributed by atoms with Crippen molar-refractivity contribution in [2.45, 2.75) is 0 Å². The monoisotopic (exact) mass is 256 g/mol. The number of aromatic carboxylic acids is 1. The summed E-state index contributed by atoms with van der Waals surface area (Å²) in [5.74, 6) is -2.46. The second kappa shape index (κ2) is 4.06. The minimum Gasteiger partial charge on any atom is -0.504 e. The van der Waals surface area contributed by atoms with Crippen molar-refractivity contribution in [3.8, 4) is 11.4 Å². The predicted octanol–water partition coefficient (Wildman–Crippen LogP) is 2.07. The van der Waals surface area contributed by atoms with Gasteiger partial charge in [-0.15, -0.1) is 0 Å². The number of carbonyl (C=O) groups is 1. The van der Waals surface area contributed by atoms with Crippen LogP contribution in [0.25, 0.3) is 5.69 Å². The van der Waals surface area contributed by atoms with Gasteiger partial charge in [-0.3, -0.25) is 0 Å². The summed E-state index contributed by atoms with van der Waals surface area (Å²) in [6.45, 7) is 0. The van der Waals surface area contributed by atoms with Gasteiger partial charge in [-0.2, -0.15) is 5.10 Å². The Bertz CT molecular complexity index is 577. The Hall–Kier alpha value is -2.08. The number of aromatic hydroxyl groups is 1. The van der Waals surface area contributed by atoms with Crippen molar-refractivity contribution in [2.24, 2.45) is 0 Å². The number of hydrogen-bond donors (Lipinski definition) is 2. The molecule has 2 N–H and O–H groups in total. The third-order valence-corrected chi connectivity index (χ3v) is 2.23. The summed E-state index contributed by atoms with van der Waals surface area (Å²) in [5.41, 5.74) is -0.289. The highest BCUT2D eigenvalue weighted by atomic mass is 35.5. The van der Waals surface area contributed by atoms with E-state index in [4.69, 9.17) is 16.7 Å². The van der Waals surface area contributed by atoms with Gasteiger partial charge in [-0.05, 0) is 18.2 Å². The molecule has 0 unspecified atom stereocenters. The van der Waals surface area contributed by atoms with Crippen molar-refractivity contribution in [3.05, 3.63) is 40.9 Å². The van der Waals surface area contributed by atoms with Crippen molar-refractivity contribution < 1.29 is 19.4 Å². The van der Waals surface area contributed by atoms with Crippen molar-refractivity contribution >= 4 is 17.6 Å². The number of rotatable bonds is 2. The maximum atomic E-state index is 13.1. The number of benzene rings is 1. The van der Waals surface area contributed by atoms with Gasteiger partial charge in [0.25, 0.3) is 0 Å². The van der Waals surface area contributed by atoms with Crippen LogP contribution in [0.2, 0.25) is 5.02 Å². The van der Waals surface area contributed by atoms with Gasteiger partial charge in [0.05, 0.1) is 11.9 Å². The van der Waals surface area contributed by atoms with E-state index in [1.54, 1.807) is 0 Å². The van der Waals surface area contributed by atoms with Crippen LogP contribution in [0.5, 0.6) is 5.75 Å². The molecule has 0 spiro atoms. The van der Waals surface area contributed by atoms with Crippen LogP contribution in [0, 0.1) is 5.82 Å². The first-order chi connectivity index (χ1) is 7.97. The summed E-state index contributed by atoms with van der Waals surface area (Å²) >= 11 is 5.65. The van der Waals surface area contributed by atoms with Gasteiger partial charge >= 0.3 is 5.97 Å². The largest absolute Gasteiger partial charge is 0.504 e. The maximum Gasteiger partial charge on any atom is 0.360 e. The van der Waals surface area contributed by atoms with Crippen LogP contribution >= 0.6 is 11.6 Å². The Morgan fingerprint density at radius 1 is 1.41 bits per heavy atom. The Balaban J connectivity index is 2.53. The quantitative estimate of drug-likeness (QED) is 0.862. The third-order valence-electron chi connectivity index (χ3n) is 2.01. The molecule has 5 nitrogen and oxygen atoms in total. The minimum atomic E-state index is -1.37. The molecule has 17 heavy (non-hydrogen) atoms. The minimum absolute atomic E-state index is 0.145. The second-order valence-electron chi connectivity index (χ2n) is 3.24. The molecule has 2 rings (SSSR count). The molecule has 0 saturated carbocycles. The fraction of sp³-hybridized carbons (Fsp3) is 0. The molecule has 7 heteroatoms. The average molecular weight is 257 g/mol. The van der Waals surface area contributed by atoms with Crippen molar-refractivity contribution in [2.75, 3.05) is 0 Å². The maximum absolute atomic E-state index is 13.1. The van der Waals surface area contributed by atoms with Crippen LogP contribution in [-0.4, -0.2) is 26.0 Å². The van der Waals surface area contributed by atoms with Gasteiger partial charge < -0.3 is 10.2 Å². The van der Waals surface area contributed by atoms with Gasteiger partial charge in [0, 0.05) is 5.02 Å². The Kier molecular flexibility index (Phi) is 2.72. The number of carboxylic acids is 1. The normalized spacial score (nSPS) is 10.5. The molecule has 0 aliphatic heterocycles. The van der Waals surface area contributed by atoms with E-state index in [-0.39, 0.29) is 10.7 Å². The Morgan fingerprint density at radius 3 is 2.65 bits per heavy atom. The first-order valence-corrected chi connectivity index (χ1v) is 4.83. The molecular formula is C10H6ClFN2O3. The number of halogens is 2. The third kappa shape index (κ3) is 2.21. The smallest absolute Gasteiger partial charge is 0.360 e. The zero-order valence-electron chi connectivity index (χ0n) is 8.26. The molecule has 0 atom stereocenters. The van der Waals surface area contributed by atoms with Crippen molar-refractivity contribution in [1.82, 2.24) is 9.78 Å². The van der Waals surface area contributed by atoms with E-state index in [1.807, 2.05) is 0 Å². The van der Waals surface area contributed by atoms with Crippen LogP contribution in [0.4, 0.5) is 4.39 Å². The number of hydrogen-bond acceptors (Lipinski definition) is 3. The first kappa shape index (κ1) is 11.4. The Morgan fingerprint density at radius 2 is 2.12 bits per heavy atom. The van der Waals surface area contributed by atoms with Crippen molar-refractivity contribution in [3.63, 3.8) is 0 Å². The first-order valence-electron chi connectivity index (χ1n) is 4.46. The highest BCUT2D eigenvalue weighted by molar-refractivity contribution is 6.30. The molecule has 0 aliphatic carbocycles. The van der Waals surface area contributed by atoms with Gasteiger partial charge in [-0.25, -0.2) is 13.9 Å². The SMILES string of the molecule is O=C(O)c1nn(-c2cc(F)cc(Cl)c2)cc1O. The molecule has 0 aliphatic rings. The summed E-state index contributed by atoms with van der Waals surface area (Å²) < 4.78 is 14.1. The molecule has 0 bridgehead atoms. The molecule has 1 aromatic carbocycles. The summed E-state index contributed by atoms with van der Waals surface area (Å²) in [5, 5.41) is 21.8. The van der Waals surface area contributed by atoms with Crippen LogP contribution in [0.1, 0.15) is 10.5 Å². The summed E-state index contributed by atoms with van der Waals surface area (Å²) in [6.07, 6.45) is 1.06. The molecule has 1 heterocycles. The van der Waals surface area contributed by atoms with Crippen LogP contribution in [-0.2, 0) is 0 Å². The van der Waals surface area contributed by atoms with Gasteiger partial charge in [0.2, 0.25) is 5.69 Å².